The van der Waals surface area contributed by atoms with E-state index in [0.717, 1.165) is 6.42 Å². The molecule has 1 aliphatic carbocycles. The zero-order valence-electron chi connectivity index (χ0n) is 12.1. The van der Waals surface area contributed by atoms with Crippen molar-refractivity contribution in [2.24, 2.45) is 5.92 Å². The van der Waals surface area contributed by atoms with Crippen molar-refractivity contribution in [1.29, 1.82) is 0 Å². The largest absolute Gasteiger partial charge is 0.468 e. The number of hydrogen-bond donors (Lipinski definition) is 1. The maximum atomic E-state index is 11.7. The molecule has 0 aromatic rings. The summed E-state index contributed by atoms with van der Waals surface area (Å²) in [5.41, 5.74) is -0.646. The zero-order chi connectivity index (χ0) is 13.6. The molecule has 0 amide bonds. The van der Waals surface area contributed by atoms with E-state index in [1.807, 2.05) is 6.92 Å². The summed E-state index contributed by atoms with van der Waals surface area (Å²) in [5, 5.41) is 3.02. The maximum Gasteiger partial charge on any atom is 0.325 e. The van der Waals surface area contributed by atoms with Gasteiger partial charge in [-0.15, -0.1) is 0 Å². The van der Waals surface area contributed by atoms with Crippen molar-refractivity contribution >= 4 is 5.97 Å². The van der Waals surface area contributed by atoms with E-state index in [4.69, 9.17) is 9.47 Å². The first kappa shape index (κ1) is 15.4. The van der Waals surface area contributed by atoms with Crippen LogP contribution in [0.1, 0.15) is 46.0 Å². The van der Waals surface area contributed by atoms with Crippen LogP contribution >= 0.6 is 0 Å². The minimum atomic E-state index is -0.646. The van der Waals surface area contributed by atoms with Crippen LogP contribution in [0.5, 0.6) is 0 Å². The maximum absolute atomic E-state index is 11.7. The molecular weight excluding hydrogens is 230 g/mol. The van der Waals surface area contributed by atoms with Gasteiger partial charge in [0.15, 0.2) is 0 Å². The van der Waals surface area contributed by atoms with Gasteiger partial charge in [-0.05, 0) is 39.2 Å². The molecule has 0 bridgehead atoms. The topological polar surface area (TPSA) is 47.6 Å². The summed E-state index contributed by atoms with van der Waals surface area (Å²) in [7, 11) is 3.20. The van der Waals surface area contributed by atoms with E-state index in [-0.39, 0.29) is 5.97 Å². The van der Waals surface area contributed by atoms with Gasteiger partial charge in [0, 0.05) is 6.61 Å². The molecular formula is C14H27NO3. The molecule has 0 heterocycles. The monoisotopic (exact) mass is 257 g/mol. The van der Waals surface area contributed by atoms with E-state index in [0.29, 0.717) is 25.0 Å². The van der Waals surface area contributed by atoms with Crippen molar-refractivity contribution < 1.29 is 14.3 Å². The van der Waals surface area contributed by atoms with E-state index in [1.54, 1.807) is 7.05 Å². The molecule has 1 aliphatic rings. The predicted octanol–water partition coefficient (Wildman–Crippen LogP) is 2.12. The van der Waals surface area contributed by atoms with Gasteiger partial charge in [0.05, 0.1) is 13.2 Å². The van der Waals surface area contributed by atoms with Crippen molar-refractivity contribution in [3.05, 3.63) is 0 Å². The fourth-order valence-corrected chi connectivity index (χ4v) is 2.50. The third-order valence-electron chi connectivity index (χ3n) is 4.15. The molecule has 0 aromatic heterocycles. The van der Waals surface area contributed by atoms with Crippen LogP contribution in [0.4, 0.5) is 0 Å². The van der Waals surface area contributed by atoms with Crippen LogP contribution < -0.4 is 5.32 Å². The highest BCUT2D eigenvalue weighted by atomic mass is 16.5. The number of hydrogen-bond acceptors (Lipinski definition) is 4. The first-order valence-electron chi connectivity index (χ1n) is 6.92. The van der Waals surface area contributed by atoms with Gasteiger partial charge in [-0.25, -0.2) is 0 Å². The quantitative estimate of drug-likeness (QED) is 0.740. The Morgan fingerprint density at radius 1 is 1.39 bits per heavy atom. The lowest BCUT2D eigenvalue weighted by Gasteiger charge is -2.31. The molecule has 0 aliphatic heterocycles. The van der Waals surface area contributed by atoms with E-state index in [2.05, 4.69) is 12.2 Å². The summed E-state index contributed by atoms with van der Waals surface area (Å²) < 4.78 is 10.8. The van der Waals surface area contributed by atoms with Gasteiger partial charge in [-0.1, -0.05) is 19.8 Å². The van der Waals surface area contributed by atoms with E-state index in [9.17, 15) is 4.79 Å². The lowest BCUT2D eigenvalue weighted by molar-refractivity contribution is -0.149. The highest BCUT2D eigenvalue weighted by Crippen LogP contribution is 2.26. The van der Waals surface area contributed by atoms with Gasteiger partial charge in [0.25, 0.3) is 0 Å². The number of methoxy groups -OCH3 is 1. The number of esters is 1. The number of rotatable bonds is 6. The number of likely N-dealkylation sites (N-methyl/N-ethyl adjacent to an activating group) is 1. The molecule has 1 saturated carbocycles. The Morgan fingerprint density at radius 3 is 2.61 bits per heavy atom. The Kier molecular flexibility index (Phi) is 6.09. The van der Waals surface area contributed by atoms with Crippen LogP contribution in [0.25, 0.3) is 0 Å². The average Bonchev–Trinajstić information content (AvgIpc) is 2.39. The zero-order valence-corrected chi connectivity index (χ0v) is 12.1. The second-order valence-corrected chi connectivity index (χ2v) is 5.49. The molecule has 0 radical (unpaired) electrons. The number of nitrogens with one attached hydrogen (secondary N) is 1. The summed E-state index contributed by atoms with van der Waals surface area (Å²) in [6.07, 6.45) is 5.98. The van der Waals surface area contributed by atoms with Gasteiger partial charge in [0.1, 0.15) is 5.54 Å². The third-order valence-corrected chi connectivity index (χ3v) is 4.15. The minimum Gasteiger partial charge on any atom is -0.468 e. The molecule has 1 fully saturated rings. The highest BCUT2D eigenvalue weighted by Gasteiger charge is 2.32. The van der Waals surface area contributed by atoms with E-state index < -0.39 is 5.54 Å². The molecule has 0 aromatic carbocycles. The van der Waals surface area contributed by atoms with Gasteiger partial charge < -0.3 is 14.8 Å². The standard InChI is InChI=1S/C14H27NO3/c1-11-7-5-6-8-12(11)18-10-9-14(2,15-3)13(16)17-4/h11-12,15H,5-10H2,1-4H3. The summed E-state index contributed by atoms with van der Waals surface area (Å²) in [4.78, 5) is 11.7. The van der Waals surface area contributed by atoms with Gasteiger partial charge in [0.2, 0.25) is 0 Å². The normalized spacial score (nSPS) is 27.6. The summed E-state index contributed by atoms with van der Waals surface area (Å²) >= 11 is 0. The van der Waals surface area contributed by atoms with Crippen LogP contribution in [0.3, 0.4) is 0 Å². The molecule has 3 atom stereocenters. The number of carbonyl (C=O) groups is 1. The Balaban J connectivity index is 2.37. The van der Waals surface area contributed by atoms with E-state index >= 15 is 0 Å². The van der Waals surface area contributed by atoms with Crippen LogP contribution in [-0.2, 0) is 14.3 Å². The Bertz CT molecular complexity index is 270. The molecule has 1 N–H and O–H groups in total. The van der Waals surface area contributed by atoms with Gasteiger partial charge >= 0.3 is 5.97 Å². The van der Waals surface area contributed by atoms with Crippen molar-refractivity contribution in [3.63, 3.8) is 0 Å². The minimum absolute atomic E-state index is 0.231. The molecule has 18 heavy (non-hydrogen) atoms. The second-order valence-electron chi connectivity index (χ2n) is 5.49. The van der Waals surface area contributed by atoms with Crippen LogP contribution in [0, 0.1) is 5.92 Å². The van der Waals surface area contributed by atoms with Crippen molar-refractivity contribution in [2.75, 3.05) is 20.8 Å². The Labute approximate surface area is 110 Å². The van der Waals surface area contributed by atoms with E-state index in [1.165, 1.54) is 26.4 Å². The molecule has 3 unspecified atom stereocenters. The summed E-state index contributed by atoms with van der Waals surface area (Å²) in [5.74, 6) is 0.406. The lowest BCUT2D eigenvalue weighted by Crippen LogP contribution is -2.49. The fraction of sp³-hybridized carbons (Fsp3) is 0.929. The van der Waals surface area contributed by atoms with Gasteiger partial charge in [-0.3, -0.25) is 4.79 Å². The SMILES string of the molecule is CNC(C)(CCOC1CCCCC1C)C(=O)OC. The molecule has 4 nitrogen and oxygen atoms in total. The van der Waals surface area contributed by atoms with Crippen molar-refractivity contribution in [1.82, 2.24) is 5.32 Å². The summed E-state index contributed by atoms with van der Waals surface area (Å²) in [6, 6.07) is 0. The Morgan fingerprint density at radius 2 is 2.06 bits per heavy atom. The number of carbonyl (C=O) groups excluding carboxylic acids is 1. The summed E-state index contributed by atoms with van der Waals surface area (Å²) in [6.45, 7) is 4.70. The first-order chi connectivity index (χ1) is 8.53. The van der Waals surface area contributed by atoms with Crippen LogP contribution in [-0.4, -0.2) is 38.4 Å². The van der Waals surface area contributed by atoms with Gasteiger partial charge in [-0.2, -0.15) is 0 Å². The molecule has 1 rings (SSSR count). The smallest absolute Gasteiger partial charge is 0.325 e. The Hall–Kier alpha value is -0.610. The predicted molar refractivity (Wildman–Crippen MR) is 71.5 cm³/mol. The molecule has 4 heteroatoms. The van der Waals surface area contributed by atoms with Crippen LogP contribution in [0.15, 0.2) is 0 Å². The third kappa shape index (κ3) is 3.95. The van der Waals surface area contributed by atoms with Crippen molar-refractivity contribution in [3.8, 4) is 0 Å². The second kappa shape index (κ2) is 7.10. The average molecular weight is 257 g/mol. The lowest BCUT2D eigenvalue weighted by atomic mass is 9.88. The number of ether oxygens (including phenoxy) is 2. The molecule has 0 saturated heterocycles. The van der Waals surface area contributed by atoms with Crippen LogP contribution in [0.2, 0.25) is 0 Å². The molecule has 106 valence electrons. The highest BCUT2D eigenvalue weighted by molar-refractivity contribution is 5.80. The van der Waals surface area contributed by atoms with Crippen molar-refractivity contribution in [2.45, 2.75) is 57.6 Å². The first-order valence-corrected chi connectivity index (χ1v) is 6.92. The fourth-order valence-electron chi connectivity index (χ4n) is 2.50. The molecule has 0 spiro atoms.